The molecule has 0 aromatic heterocycles. The lowest BCUT2D eigenvalue weighted by Crippen LogP contribution is -2.38. The lowest BCUT2D eigenvalue weighted by Gasteiger charge is -2.13. The molecule has 1 aromatic carbocycles. The van der Waals surface area contributed by atoms with Crippen LogP contribution >= 0.6 is 15.9 Å². The lowest BCUT2D eigenvalue weighted by atomic mass is 10.2. The Kier molecular flexibility index (Phi) is 8.69. The first-order chi connectivity index (χ1) is 10.7. The Morgan fingerprint density at radius 2 is 1.95 bits per heavy atom. The quantitative estimate of drug-likeness (QED) is 0.415. The molecule has 22 heavy (non-hydrogen) atoms. The number of rotatable bonds is 8. The van der Waals surface area contributed by atoms with Crippen LogP contribution in [0.3, 0.4) is 0 Å². The van der Waals surface area contributed by atoms with Gasteiger partial charge in [-0.2, -0.15) is 0 Å². The molecule has 6 nitrogen and oxygen atoms in total. The van der Waals surface area contributed by atoms with E-state index in [9.17, 15) is 0 Å². The van der Waals surface area contributed by atoms with Gasteiger partial charge in [0.25, 0.3) is 0 Å². The van der Waals surface area contributed by atoms with E-state index in [1.54, 1.807) is 21.3 Å². The van der Waals surface area contributed by atoms with Crippen LogP contribution < -0.4 is 20.1 Å². The fourth-order valence-electron chi connectivity index (χ4n) is 1.85. The molecule has 0 radical (unpaired) electrons. The molecule has 0 unspecified atom stereocenters. The first kappa shape index (κ1) is 18.6. The van der Waals surface area contributed by atoms with Gasteiger partial charge in [-0.05, 0) is 40.5 Å². The number of aliphatic imine (C=N–C) groups is 1. The highest BCUT2D eigenvalue weighted by Gasteiger charge is 2.10. The van der Waals surface area contributed by atoms with E-state index in [1.165, 1.54) is 0 Å². The Bertz CT molecular complexity index is 495. The van der Waals surface area contributed by atoms with Crippen molar-refractivity contribution >= 4 is 21.9 Å². The maximum Gasteiger partial charge on any atom is 0.191 e. The number of nitrogens with zero attached hydrogens (tertiary/aromatic N) is 1. The molecule has 0 aliphatic carbocycles. The summed E-state index contributed by atoms with van der Waals surface area (Å²) in [6.45, 7) is 4.69. The predicted molar refractivity (Wildman–Crippen MR) is 91.9 cm³/mol. The smallest absolute Gasteiger partial charge is 0.191 e. The summed E-state index contributed by atoms with van der Waals surface area (Å²) < 4.78 is 16.5. The van der Waals surface area contributed by atoms with Gasteiger partial charge >= 0.3 is 0 Å². The highest BCUT2D eigenvalue weighted by Crippen LogP contribution is 2.36. The summed E-state index contributed by atoms with van der Waals surface area (Å²) in [5.74, 6) is 2.12. The number of hydrogen-bond acceptors (Lipinski definition) is 4. The average molecular weight is 374 g/mol. The van der Waals surface area contributed by atoms with Crippen LogP contribution in [0.2, 0.25) is 0 Å². The molecule has 7 heteroatoms. The van der Waals surface area contributed by atoms with Gasteiger partial charge in [0.2, 0.25) is 0 Å². The fraction of sp³-hybridized carbons (Fsp3) is 0.533. The first-order valence-electron chi connectivity index (χ1n) is 7.07. The molecular weight excluding hydrogens is 350 g/mol. The van der Waals surface area contributed by atoms with Crippen molar-refractivity contribution in [2.24, 2.45) is 4.99 Å². The zero-order valence-electron chi connectivity index (χ0n) is 13.5. The van der Waals surface area contributed by atoms with E-state index in [4.69, 9.17) is 14.2 Å². The van der Waals surface area contributed by atoms with Crippen molar-refractivity contribution in [3.05, 3.63) is 22.2 Å². The Labute approximate surface area is 140 Å². The van der Waals surface area contributed by atoms with Crippen molar-refractivity contribution in [3.8, 4) is 11.5 Å². The van der Waals surface area contributed by atoms with Crippen LogP contribution in [0.15, 0.2) is 21.6 Å². The maximum atomic E-state index is 5.34. The normalized spacial score (nSPS) is 11.2. The Balaban J connectivity index is 2.82. The number of guanidine groups is 1. The third-order valence-electron chi connectivity index (χ3n) is 2.86. The van der Waals surface area contributed by atoms with Crippen molar-refractivity contribution in [2.75, 3.05) is 41.0 Å². The van der Waals surface area contributed by atoms with Crippen molar-refractivity contribution in [1.82, 2.24) is 10.6 Å². The van der Waals surface area contributed by atoms with Gasteiger partial charge in [-0.25, -0.2) is 4.99 Å². The van der Waals surface area contributed by atoms with Gasteiger partial charge in [-0.1, -0.05) is 0 Å². The molecule has 0 spiro atoms. The maximum absolute atomic E-state index is 5.34. The molecule has 1 rings (SSSR count). The van der Waals surface area contributed by atoms with Crippen molar-refractivity contribution in [2.45, 2.75) is 13.5 Å². The zero-order valence-corrected chi connectivity index (χ0v) is 15.1. The van der Waals surface area contributed by atoms with Gasteiger partial charge in [-0.15, -0.1) is 0 Å². The average Bonchev–Trinajstić information content (AvgIpc) is 2.52. The minimum absolute atomic E-state index is 0.529. The Morgan fingerprint density at radius 3 is 2.55 bits per heavy atom. The summed E-state index contributed by atoms with van der Waals surface area (Å²) in [7, 11) is 4.91. The standard InChI is InChI=1S/C15H24BrN3O3/c1-5-17-15(18-6-7-20-2)19-10-11-8-12(16)14(22-4)13(9-11)21-3/h8-9H,5-7,10H2,1-4H3,(H2,17,18,19). The molecule has 124 valence electrons. The van der Waals surface area contributed by atoms with Gasteiger partial charge in [0, 0.05) is 20.2 Å². The van der Waals surface area contributed by atoms with Crippen molar-refractivity contribution in [3.63, 3.8) is 0 Å². The van der Waals surface area contributed by atoms with Crippen LogP contribution in [-0.2, 0) is 11.3 Å². The molecule has 2 N–H and O–H groups in total. The van der Waals surface area contributed by atoms with Gasteiger partial charge < -0.3 is 24.8 Å². The molecule has 0 fully saturated rings. The minimum atomic E-state index is 0.529. The fourth-order valence-corrected chi connectivity index (χ4v) is 2.50. The molecule has 0 saturated carbocycles. The first-order valence-corrected chi connectivity index (χ1v) is 7.87. The van der Waals surface area contributed by atoms with Crippen LogP contribution in [0.4, 0.5) is 0 Å². The molecule has 0 aliphatic heterocycles. The third-order valence-corrected chi connectivity index (χ3v) is 3.44. The molecule has 1 aromatic rings. The Hall–Kier alpha value is -1.47. The van der Waals surface area contributed by atoms with Crippen LogP contribution in [0.5, 0.6) is 11.5 Å². The summed E-state index contributed by atoms with van der Waals surface area (Å²) >= 11 is 3.49. The zero-order chi connectivity index (χ0) is 16.4. The SMILES string of the molecule is CCNC(=NCc1cc(Br)c(OC)c(OC)c1)NCCOC. The van der Waals surface area contributed by atoms with Crippen LogP contribution in [0.25, 0.3) is 0 Å². The summed E-state index contributed by atoms with van der Waals surface area (Å²) in [4.78, 5) is 4.55. The van der Waals surface area contributed by atoms with E-state index < -0.39 is 0 Å². The molecular formula is C15H24BrN3O3. The van der Waals surface area contributed by atoms with E-state index >= 15 is 0 Å². The molecule has 0 amide bonds. The topological polar surface area (TPSA) is 64.1 Å². The molecule has 0 saturated heterocycles. The van der Waals surface area contributed by atoms with Gasteiger partial charge in [-0.3, -0.25) is 0 Å². The molecule has 0 atom stereocenters. The lowest BCUT2D eigenvalue weighted by molar-refractivity contribution is 0.203. The largest absolute Gasteiger partial charge is 0.493 e. The third kappa shape index (κ3) is 5.73. The van der Waals surface area contributed by atoms with Crippen LogP contribution in [0.1, 0.15) is 12.5 Å². The van der Waals surface area contributed by atoms with Gasteiger partial charge in [0.1, 0.15) is 0 Å². The number of methoxy groups -OCH3 is 3. The summed E-state index contributed by atoms with van der Waals surface area (Å²) in [5.41, 5.74) is 1.02. The molecule has 0 aliphatic rings. The summed E-state index contributed by atoms with van der Waals surface area (Å²) in [6, 6.07) is 3.90. The highest BCUT2D eigenvalue weighted by atomic mass is 79.9. The minimum Gasteiger partial charge on any atom is -0.493 e. The van der Waals surface area contributed by atoms with Crippen LogP contribution in [0, 0.1) is 0 Å². The Morgan fingerprint density at radius 1 is 1.18 bits per heavy atom. The number of nitrogens with one attached hydrogen (secondary N) is 2. The second-order valence-corrected chi connectivity index (χ2v) is 5.28. The second kappa shape index (κ2) is 10.3. The van der Waals surface area contributed by atoms with Gasteiger partial charge in [0.15, 0.2) is 17.5 Å². The van der Waals surface area contributed by atoms with E-state index in [0.29, 0.717) is 31.2 Å². The second-order valence-electron chi connectivity index (χ2n) is 4.43. The number of ether oxygens (including phenoxy) is 3. The van der Waals surface area contributed by atoms with Crippen LogP contribution in [-0.4, -0.2) is 47.0 Å². The predicted octanol–water partition coefficient (Wildman–Crippen LogP) is 2.17. The monoisotopic (exact) mass is 373 g/mol. The summed E-state index contributed by atoms with van der Waals surface area (Å²) in [6.07, 6.45) is 0. The number of hydrogen-bond donors (Lipinski definition) is 2. The number of halogens is 1. The van der Waals surface area contributed by atoms with Crippen molar-refractivity contribution in [1.29, 1.82) is 0 Å². The highest BCUT2D eigenvalue weighted by molar-refractivity contribution is 9.10. The van der Waals surface area contributed by atoms with E-state index in [-0.39, 0.29) is 0 Å². The van der Waals surface area contributed by atoms with Gasteiger partial charge in [0.05, 0.1) is 31.8 Å². The molecule has 0 bridgehead atoms. The number of benzene rings is 1. The van der Waals surface area contributed by atoms with Crippen molar-refractivity contribution < 1.29 is 14.2 Å². The van der Waals surface area contributed by atoms with E-state index in [2.05, 4.69) is 31.6 Å². The molecule has 0 heterocycles. The van der Waals surface area contributed by atoms with E-state index in [0.717, 1.165) is 22.5 Å². The van der Waals surface area contributed by atoms with E-state index in [1.807, 2.05) is 19.1 Å². The summed E-state index contributed by atoms with van der Waals surface area (Å²) in [5, 5.41) is 6.40.